The SMILES string of the molecule is CCCCSc1[se]c(SCCCC)c(C)c1C. The standard InChI is InChI=1S/C14H24S2Se/c1-5-7-9-15-13-11(3)12(4)14(17-13)16-10-8-6-2/h5-10H2,1-4H3. The van der Waals surface area contributed by atoms with Crippen molar-refractivity contribution >= 4 is 38.0 Å². The maximum atomic E-state index is 2.32. The fraction of sp³-hybridized carbons (Fsp3) is 0.714. The quantitative estimate of drug-likeness (QED) is 0.366. The van der Waals surface area contributed by atoms with Gasteiger partial charge in [-0.15, -0.1) is 0 Å². The van der Waals surface area contributed by atoms with Gasteiger partial charge in [0.2, 0.25) is 0 Å². The summed E-state index contributed by atoms with van der Waals surface area (Å²) in [5.74, 6) is 2.62. The number of thioether (sulfide) groups is 2. The van der Waals surface area contributed by atoms with Gasteiger partial charge in [0.05, 0.1) is 0 Å². The Morgan fingerprint density at radius 2 is 1.24 bits per heavy atom. The van der Waals surface area contributed by atoms with Crippen molar-refractivity contribution in [1.29, 1.82) is 0 Å². The van der Waals surface area contributed by atoms with Crippen molar-refractivity contribution < 1.29 is 0 Å². The first kappa shape index (κ1) is 15.8. The van der Waals surface area contributed by atoms with Crippen molar-refractivity contribution in [2.75, 3.05) is 11.5 Å². The average Bonchev–Trinajstić information content (AvgIpc) is 2.59. The summed E-state index contributed by atoms with van der Waals surface area (Å²) in [5, 5.41) is 0. The Hall–Kier alpha value is 0.699. The maximum absolute atomic E-state index is 2.32. The summed E-state index contributed by atoms with van der Waals surface area (Å²) >= 11 is 4.86. The van der Waals surface area contributed by atoms with Crippen molar-refractivity contribution in [3.8, 4) is 0 Å². The van der Waals surface area contributed by atoms with Crippen LogP contribution in [0.5, 0.6) is 0 Å². The molecule has 0 N–H and O–H groups in total. The van der Waals surface area contributed by atoms with Gasteiger partial charge >= 0.3 is 122 Å². The molecule has 0 bridgehead atoms. The van der Waals surface area contributed by atoms with Crippen LogP contribution in [-0.2, 0) is 0 Å². The van der Waals surface area contributed by atoms with Crippen LogP contribution in [0.3, 0.4) is 0 Å². The van der Waals surface area contributed by atoms with Gasteiger partial charge in [0.15, 0.2) is 0 Å². The van der Waals surface area contributed by atoms with Gasteiger partial charge in [-0.05, 0) is 0 Å². The normalized spacial score (nSPS) is 11.1. The first-order chi connectivity index (χ1) is 8.20. The first-order valence-corrected chi connectivity index (χ1v) is 10.2. The molecule has 17 heavy (non-hydrogen) atoms. The third kappa shape index (κ3) is 5.06. The molecule has 0 aliphatic heterocycles. The van der Waals surface area contributed by atoms with Gasteiger partial charge < -0.3 is 0 Å². The van der Waals surface area contributed by atoms with Crippen molar-refractivity contribution in [3.63, 3.8) is 0 Å². The van der Waals surface area contributed by atoms with E-state index >= 15 is 0 Å². The molecule has 0 saturated heterocycles. The molecule has 98 valence electrons. The zero-order valence-electron chi connectivity index (χ0n) is 11.5. The predicted octanol–water partition coefficient (Wildman–Crippen LogP) is 5.14. The molecule has 0 radical (unpaired) electrons. The molecule has 0 fully saturated rings. The van der Waals surface area contributed by atoms with Gasteiger partial charge in [-0.1, -0.05) is 0 Å². The van der Waals surface area contributed by atoms with Gasteiger partial charge in [0.25, 0.3) is 0 Å². The van der Waals surface area contributed by atoms with Crippen LogP contribution in [0.1, 0.15) is 50.7 Å². The van der Waals surface area contributed by atoms with E-state index in [-0.39, 0.29) is 0 Å². The number of rotatable bonds is 8. The minimum absolute atomic E-state index is 0.630. The summed E-state index contributed by atoms with van der Waals surface area (Å²) in [7, 11) is 0. The Balaban J connectivity index is 2.57. The topological polar surface area (TPSA) is 0 Å². The average molecular weight is 335 g/mol. The Morgan fingerprint density at radius 3 is 1.59 bits per heavy atom. The third-order valence-electron chi connectivity index (χ3n) is 2.82. The number of hydrogen-bond donors (Lipinski definition) is 0. The Kier molecular flexibility index (Phi) is 8.10. The molecular weight excluding hydrogens is 311 g/mol. The Bertz CT molecular complexity index is 301. The van der Waals surface area contributed by atoms with E-state index in [9.17, 15) is 0 Å². The molecule has 0 spiro atoms. The van der Waals surface area contributed by atoms with Crippen molar-refractivity contribution in [2.24, 2.45) is 0 Å². The fourth-order valence-electron chi connectivity index (χ4n) is 1.44. The number of unbranched alkanes of at least 4 members (excludes halogenated alkanes) is 2. The van der Waals surface area contributed by atoms with Crippen LogP contribution in [0, 0.1) is 13.8 Å². The third-order valence-corrected chi connectivity index (χ3v) is 9.36. The summed E-state index contributed by atoms with van der Waals surface area (Å²) < 4.78 is 3.39. The zero-order chi connectivity index (χ0) is 12.7. The molecule has 0 nitrogen and oxygen atoms in total. The van der Waals surface area contributed by atoms with Crippen LogP contribution < -0.4 is 0 Å². The molecule has 0 unspecified atom stereocenters. The molecule has 0 aliphatic rings. The second-order valence-corrected chi connectivity index (χ2v) is 9.85. The molecule has 0 aliphatic carbocycles. The van der Waals surface area contributed by atoms with Crippen molar-refractivity contribution in [3.05, 3.63) is 11.1 Å². The van der Waals surface area contributed by atoms with Gasteiger partial charge in [-0.2, -0.15) is 0 Å². The molecular formula is C14H24S2Se. The van der Waals surface area contributed by atoms with E-state index in [0.29, 0.717) is 14.5 Å². The van der Waals surface area contributed by atoms with Gasteiger partial charge in [0, 0.05) is 0 Å². The fourth-order valence-corrected chi connectivity index (χ4v) is 8.10. The second-order valence-electron chi connectivity index (χ2n) is 4.33. The predicted molar refractivity (Wildman–Crippen MR) is 84.1 cm³/mol. The monoisotopic (exact) mass is 336 g/mol. The van der Waals surface area contributed by atoms with Gasteiger partial charge in [0.1, 0.15) is 0 Å². The molecule has 1 aromatic heterocycles. The van der Waals surface area contributed by atoms with Crippen molar-refractivity contribution in [2.45, 2.75) is 60.9 Å². The summed E-state index contributed by atoms with van der Waals surface area (Å²) in [6.45, 7) is 9.19. The molecule has 1 heterocycles. The van der Waals surface area contributed by atoms with Crippen LogP contribution in [-0.4, -0.2) is 26.0 Å². The van der Waals surface area contributed by atoms with E-state index in [0.717, 1.165) is 0 Å². The van der Waals surface area contributed by atoms with Crippen molar-refractivity contribution in [1.82, 2.24) is 0 Å². The molecule has 0 amide bonds. The summed E-state index contributed by atoms with van der Waals surface area (Å²) in [5.41, 5.74) is 3.18. The van der Waals surface area contributed by atoms with E-state index in [1.54, 1.807) is 18.7 Å². The molecule has 3 heteroatoms. The van der Waals surface area contributed by atoms with E-state index in [1.165, 1.54) is 37.2 Å². The Labute approximate surface area is 121 Å². The summed E-state index contributed by atoms with van der Waals surface area (Å²) in [6.07, 6.45) is 5.34. The molecule has 0 saturated carbocycles. The van der Waals surface area contributed by atoms with Crippen LogP contribution >= 0.6 is 23.5 Å². The van der Waals surface area contributed by atoms with Gasteiger partial charge in [-0.25, -0.2) is 0 Å². The summed E-state index contributed by atoms with van der Waals surface area (Å²) in [4.78, 5) is 0. The van der Waals surface area contributed by atoms with E-state index in [4.69, 9.17) is 0 Å². The molecule has 1 rings (SSSR count). The Morgan fingerprint density at radius 1 is 0.824 bits per heavy atom. The second kappa shape index (κ2) is 8.74. The van der Waals surface area contributed by atoms with E-state index < -0.39 is 0 Å². The summed E-state index contributed by atoms with van der Waals surface area (Å²) in [6, 6.07) is 0. The van der Waals surface area contributed by atoms with E-state index in [2.05, 4.69) is 51.2 Å². The molecule has 0 atom stereocenters. The minimum atomic E-state index is 0.630. The van der Waals surface area contributed by atoms with Crippen LogP contribution in [0.4, 0.5) is 0 Å². The van der Waals surface area contributed by atoms with Crippen LogP contribution in [0.2, 0.25) is 0 Å². The number of hydrogen-bond acceptors (Lipinski definition) is 2. The van der Waals surface area contributed by atoms with E-state index in [1.807, 2.05) is 0 Å². The van der Waals surface area contributed by atoms with Crippen LogP contribution in [0.25, 0.3) is 0 Å². The van der Waals surface area contributed by atoms with Crippen LogP contribution in [0.15, 0.2) is 7.54 Å². The molecule has 0 aromatic carbocycles. The van der Waals surface area contributed by atoms with Gasteiger partial charge in [-0.3, -0.25) is 0 Å². The first-order valence-electron chi connectivity index (χ1n) is 6.56. The zero-order valence-corrected chi connectivity index (χ0v) is 14.8. The molecule has 1 aromatic rings.